The Morgan fingerprint density at radius 3 is 2.95 bits per heavy atom. The van der Waals surface area contributed by atoms with E-state index in [1.165, 1.54) is 0 Å². The number of benzene rings is 1. The Hall–Kier alpha value is -2.67. The maximum Gasteiger partial charge on any atom is 0.224 e. The molecule has 0 radical (unpaired) electrons. The molecule has 0 aliphatic rings. The van der Waals surface area contributed by atoms with Crippen LogP contribution in [0.2, 0.25) is 0 Å². The normalized spacial score (nSPS) is 10.7. The van der Waals surface area contributed by atoms with Crippen molar-refractivity contribution in [1.82, 2.24) is 9.38 Å². The number of carbonyl (C=O) groups is 2. The number of thiazole rings is 1. The number of anilines is 1. The third kappa shape index (κ3) is 3.15. The Bertz CT molecular complexity index is 809. The number of carbonyl (C=O) groups excluding carboxylic acids is 2. The number of aromatic nitrogens is 2. The maximum absolute atomic E-state index is 11.6. The molecule has 0 bridgehead atoms. The Kier molecular flexibility index (Phi) is 3.88. The first-order chi connectivity index (χ1) is 10.6. The number of rotatable bonds is 5. The molecule has 6 nitrogen and oxygen atoms in total. The van der Waals surface area contributed by atoms with Gasteiger partial charge in [0.15, 0.2) is 4.96 Å². The molecular formula is C15H12N3O3S-. The highest BCUT2D eigenvalue weighted by molar-refractivity contribution is 7.15. The van der Waals surface area contributed by atoms with Crippen LogP contribution in [0.25, 0.3) is 16.2 Å². The number of hydrogen-bond donors (Lipinski definition) is 1. The molecule has 7 heteroatoms. The van der Waals surface area contributed by atoms with Crippen molar-refractivity contribution >= 4 is 33.9 Å². The fourth-order valence-electron chi connectivity index (χ4n) is 2.06. The largest absolute Gasteiger partial charge is 0.550 e. The number of carboxylic acid groups (broad SMARTS) is 1. The van der Waals surface area contributed by atoms with Gasteiger partial charge in [0.25, 0.3) is 0 Å². The zero-order valence-corrected chi connectivity index (χ0v) is 12.3. The first kappa shape index (κ1) is 14.3. The Labute approximate surface area is 130 Å². The number of imidazole rings is 1. The first-order valence-electron chi connectivity index (χ1n) is 6.64. The van der Waals surface area contributed by atoms with Gasteiger partial charge in [-0.1, -0.05) is 12.1 Å². The van der Waals surface area contributed by atoms with Crippen LogP contribution in [0.1, 0.15) is 12.8 Å². The molecule has 0 aliphatic heterocycles. The molecule has 0 fully saturated rings. The second-order valence-electron chi connectivity index (χ2n) is 4.72. The first-order valence-corrected chi connectivity index (χ1v) is 7.52. The number of hydrogen-bond acceptors (Lipinski definition) is 5. The molecule has 2 aromatic heterocycles. The van der Waals surface area contributed by atoms with Crippen LogP contribution in [0.3, 0.4) is 0 Å². The molecule has 0 saturated heterocycles. The summed E-state index contributed by atoms with van der Waals surface area (Å²) in [6, 6.07) is 7.28. The molecule has 0 atom stereocenters. The number of nitrogens with zero attached hydrogens (tertiary/aromatic N) is 2. The van der Waals surface area contributed by atoms with Crippen LogP contribution >= 0.6 is 11.3 Å². The highest BCUT2D eigenvalue weighted by Gasteiger charge is 2.07. The van der Waals surface area contributed by atoms with Gasteiger partial charge in [0, 0.05) is 41.4 Å². The average Bonchev–Trinajstić information content (AvgIpc) is 3.06. The quantitative estimate of drug-likeness (QED) is 0.774. The molecular weight excluding hydrogens is 302 g/mol. The Balaban J connectivity index is 1.76. The van der Waals surface area contributed by atoms with Crippen LogP contribution in [-0.2, 0) is 9.59 Å². The predicted octanol–water partition coefficient (Wildman–Crippen LogP) is 1.53. The zero-order valence-electron chi connectivity index (χ0n) is 11.5. The fourth-order valence-corrected chi connectivity index (χ4v) is 2.76. The lowest BCUT2D eigenvalue weighted by atomic mass is 10.1. The molecule has 1 N–H and O–H groups in total. The summed E-state index contributed by atoms with van der Waals surface area (Å²) in [6.07, 6.45) is 3.46. The molecule has 3 aromatic rings. The molecule has 0 saturated carbocycles. The number of amides is 1. The van der Waals surface area contributed by atoms with E-state index in [1.54, 1.807) is 17.4 Å². The summed E-state index contributed by atoms with van der Waals surface area (Å²) >= 11 is 1.55. The summed E-state index contributed by atoms with van der Waals surface area (Å²) in [4.78, 5) is 27.4. The fraction of sp³-hybridized carbons (Fsp3) is 0.133. The van der Waals surface area contributed by atoms with Crippen LogP contribution in [0.15, 0.2) is 42.0 Å². The summed E-state index contributed by atoms with van der Waals surface area (Å²) in [5, 5.41) is 15.0. The van der Waals surface area contributed by atoms with Gasteiger partial charge in [-0.3, -0.25) is 9.20 Å². The number of nitrogens with one attached hydrogen (secondary N) is 1. The van der Waals surface area contributed by atoms with E-state index in [9.17, 15) is 14.7 Å². The van der Waals surface area contributed by atoms with Gasteiger partial charge in [0.1, 0.15) is 0 Å². The Morgan fingerprint density at radius 2 is 2.18 bits per heavy atom. The lowest BCUT2D eigenvalue weighted by Gasteiger charge is -2.07. The van der Waals surface area contributed by atoms with E-state index in [2.05, 4.69) is 10.3 Å². The standard InChI is InChI=1S/C15H13N3O3S/c19-13(4-5-14(20)21)16-11-3-1-2-10(8-11)12-9-18-6-7-22-15(18)17-12/h1-3,6-9H,4-5H2,(H,16,19)(H,20,21)/p-1. The number of fused-ring (bicyclic) bond motifs is 1. The monoisotopic (exact) mass is 314 g/mol. The van der Waals surface area contributed by atoms with Crippen LogP contribution in [0, 0.1) is 0 Å². The molecule has 22 heavy (non-hydrogen) atoms. The number of aliphatic carboxylic acids is 1. The number of carboxylic acids is 1. The lowest BCUT2D eigenvalue weighted by Crippen LogP contribution is -2.24. The van der Waals surface area contributed by atoms with Gasteiger partial charge < -0.3 is 15.2 Å². The van der Waals surface area contributed by atoms with Crippen molar-refractivity contribution in [2.75, 3.05) is 5.32 Å². The topological polar surface area (TPSA) is 86.5 Å². The highest BCUT2D eigenvalue weighted by Crippen LogP contribution is 2.24. The summed E-state index contributed by atoms with van der Waals surface area (Å²) in [5.74, 6) is -1.59. The van der Waals surface area contributed by atoms with E-state index in [1.807, 2.05) is 40.4 Å². The van der Waals surface area contributed by atoms with E-state index >= 15 is 0 Å². The molecule has 0 aliphatic carbocycles. The summed E-state index contributed by atoms with van der Waals surface area (Å²) in [5.41, 5.74) is 2.31. The zero-order chi connectivity index (χ0) is 15.5. The van der Waals surface area contributed by atoms with Crippen molar-refractivity contribution in [3.8, 4) is 11.3 Å². The molecule has 0 spiro atoms. The summed E-state index contributed by atoms with van der Waals surface area (Å²) in [7, 11) is 0. The van der Waals surface area contributed by atoms with Gasteiger partial charge >= 0.3 is 0 Å². The van der Waals surface area contributed by atoms with E-state index in [0.29, 0.717) is 5.69 Å². The third-order valence-corrected chi connectivity index (χ3v) is 3.86. The van der Waals surface area contributed by atoms with Gasteiger partial charge in [-0.05, 0) is 18.6 Å². The minimum atomic E-state index is -1.23. The average molecular weight is 314 g/mol. The predicted molar refractivity (Wildman–Crippen MR) is 81.4 cm³/mol. The van der Waals surface area contributed by atoms with Crippen molar-refractivity contribution in [2.24, 2.45) is 0 Å². The van der Waals surface area contributed by atoms with Crippen molar-refractivity contribution in [1.29, 1.82) is 0 Å². The van der Waals surface area contributed by atoms with Crippen molar-refractivity contribution in [2.45, 2.75) is 12.8 Å². The van der Waals surface area contributed by atoms with Gasteiger partial charge in [0.05, 0.1) is 5.69 Å². The SMILES string of the molecule is O=C([O-])CCC(=O)Nc1cccc(-c2cn3ccsc3n2)c1. The molecule has 1 amide bonds. The van der Waals surface area contributed by atoms with Gasteiger partial charge in [-0.15, -0.1) is 11.3 Å². The van der Waals surface area contributed by atoms with Crippen LogP contribution in [-0.4, -0.2) is 21.3 Å². The van der Waals surface area contributed by atoms with Gasteiger partial charge in [-0.25, -0.2) is 4.98 Å². The Morgan fingerprint density at radius 1 is 1.32 bits per heavy atom. The molecule has 3 rings (SSSR count). The summed E-state index contributed by atoms with van der Waals surface area (Å²) in [6.45, 7) is 0. The van der Waals surface area contributed by atoms with Crippen molar-refractivity contribution in [3.05, 3.63) is 42.0 Å². The van der Waals surface area contributed by atoms with E-state index < -0.39 is 5.97 Å². The minimum absolute atomic E-state index is 0.104. The smallest absolute Gasteiger partial charge is 0.224 e. The molecule has 1 aromatic carbocycles. The molecule has 2 heterocycles. The molecule has 112 valence electrons. The van der Waals surface area contributed by atoms with Crippen LogP contribution in [0.5, 0.6) is 0 Å². The lowest BCUT2D eigenvalue weighted by molar-refractivity contribution is -0.305. The van der Waals surface area contributed by atoms with Crippen LogP contribution in [0.4, 0.5) is 5.69 Å². The van der Waals surface area contributed by atoms with Crippen molar-refractivity contribution < 1.29 is 14.7 Å². The van der Waals surface area contributed by atoms with E-state index in [4.69, 9.17) is 0 Å². The van der Waals surface area contributed by atoms with Crippen molar-refractivity contribution in [3.63, 3.8) is 0 Å². The highest BCUT2D eigenvalue weighted by atomic mass is 32.1. The second kappa shape index (κ2) is 5.98. The minimum Gasteiger partial charge on any atom is -0.550 e. The van der Waals surface area contributed by atoms with E-state index in [0.717, 1.165) is 16.2 Å². The third-order valence-electron chi connectivity index (χ3n) is 3.09. The second-order valence-corrected chi connectivity index (χ2v) is 5.59. The van der Waals surface area contributed by atoms with E-state index in [-0.39, 0.29) is 18.7 Å². The summed E-state index contributed by atoms with van der Waals surface area (Å²) < 4.78 is 1.94. The van der Waals surface area contributed by atoms with Gasteiger partial charge in [-0.2, -0.15) is 0 Å². The van der Waals surface area contributed by atoms with Crippen LogP contribution < -0.4 is 10.4 Å². The van der Waals surface area contributed by atoms with Gasteiger partial charge in [0.2, 0.25) is 5.91 Å². The molecule has 0 unspecified atom stereocenters. The maximum atomic E-state index is 11.6.